The van der Waals surface area contributed by atoms with E-state index in [0.29, 0.717) is 11.7 Å². The molecule has 0 bridgehead atoms. The highest BCUT2D eigenvalue weighted by molar-refractivity contribution is 7.80. The summed E-state index contributed by atoms with van der Waals surface area (Å²) >= 11 is 5.14. The van der Waals surface area contributed by atoms with Crippen molar-refractivity contribution in [2.24, 2.45) is 0 Å². The number of benzene rings is 1. The highest BCUT2D eigenvalue weighted by Gasteiger charge is 2.23. The van der Waals surface area contributed by atoms with Crippen LogP contribution in [0.4, 0.5) is 5.69 Å². The maximum absolute atomic E-state index is 11.7. The molecule has 1 fully saturated rings. The topological polar surface area (TPSA) is 62.4 Å². The zero-order chi connectivity index (χ0) is 14.5. The molecule has 1 heterocycles. The average Bonchev–Trinajstić information content (AvgIpc) is 2.88. The molecule has 1 aromatic carbocycles. The fourth-order valence-electron chi connectivity index (χ4n) is 2.19. The van der Waals surface area contributed by atoms with E-state index in [4.69, 9.17) is 17.0 Å². The molecule has 2 rings (SSSR count). The number of hydrogen-bond donors (Lipinski definition) is 3. The number of anilines is 1. The van der Waals surface area contributed by atoms with Crippen LogP contribution in [0.5, 0.6) is 0 Å². The Kier molecular flexibility index (Phi) is 4.92. The number of ether oxygens (including phenoxy) is 1. The second-order valence-corrected chi connectivity index (χ2v) is 5.35. The van der Waals surface area contributed by atoms with Crippen molar-refractivity contribution in [3.8, 4) is 0 Å². The van der Waals surface area contributed by atoms with Crippen LogP contribution in [-0.2, 0) is 9.53 Å². The lowest BCUT2D eigenvalue weighted by atomic mass is 10.1. The Labute approximate surface area is 124 Å². The van der Waals surface area contributed by atoms with Gasteiger partial charge in [0.25, 0.3) is 5.91 Å². The van der Waals surface area contributed by atoms with E-state index in [9.17, 15) is 4.79 Å². The van der Waals surface area contributed by atoms with Crippen LogP contribution < -0.4 is 16.2 Å². The zero-order valence-electron chi connectivity index (χ0n) is 11.7. The lowest BCUT2D eigenvalue weighted by Gasteiger charge is -2.14. The predicted octanol–water partition coefficient (Wildman–Crippen LogP) is 1.80. The van der Waals surface area contributed by atoms with Crippen molar-refractivity contribution in [3.63, 3.8) is 0 Å². The van der Waals surface area contributed by atoms with Gasteiger partial charge >= 0.3 is 0 Å². The van der Waals surface area contributed by atoms with Gasteiger partial charge < -0.3 is 10.1 Å². The molecule has 0 aromatic heterocycles. The molecule has 1 unspecified atom stereocenters. The number of amides is 1. The van der Waals surface area contributed by atoms with Crippen LogP contribution >= 0.6 is 12.2 Å². The first-order chi connectivity index (χ1) is 9.54. The molecule has 1 aliphatic heterocycles. The summed E-state index contributed by atoms with van der Waals surface area (Å²) in [6.45, 7) is 4.69. The fourth-order valence-corrected chi connectivity index (χ4v) is 2.36. The quantitative estimate of drug-likeness (QED) is 0.573. The summed E-state index contributed by atoms with van der Waals surface area (Å²) in [6, 6.07) is 6.06. The molecule has 6 heteroatoms. The van der Waals surface area contributed by atoms with E-state index in [1.807, 2.05) is 26.0 Å². The van der Waals surface area contributed by atoms with Crippen molar-refractivity contribution in [1.82, 2.24) is 10.9 Å². The highest BCUT2D eigenvalue weighted by Crippen LogP contribution is 2.13. The molecule has 1 aliphatic rings. The lowest BCUT2D eigenvalue weighted by Crippen LogP contribution is -2.47. The van der Waals surface area contributed by atoms with Crippen LogP contribution in [-0.4, -0.2) is 23.7 Å². The van der Waals surface area contributed by atoms with Gasteiger partial charge in [0.15, 0.2) is 5.11 Å². The Morgan fingerprint density at radius 3 is 2.55 bits per heavy atom. The lowest BCUT2D eigenvalue weighted by molar-refractivity contribution is -0.130. The number of hydrogen-bond acceptors (Lipinski definition) is 3. The summed E-state index contributed by atoms with van der Waals surface area (Å²) < 4.78 is 5.28. The summed E-state index contributed by atoms with van der Waals surface area (Å²) in [7, 11) is 0. The number of rotatable bonds is 2. The van der Waals surface area contributed by atoms with Gasteiger partial charge in [-0.25, -0.2) is 0 Å². The van der Waals surface area contributed by atoms with Crippen LogP contribution in [0.1, 0.15) is 24.0 Å². The van der Waals surface area contributed by atoms with Gasteiger partial charge in [0.2, 0.25) is 0 Å². The number of carbonyl (C=O) groups excluding carboxylic acids is 1. The molecule has 1 saturated heterocycles. The maximum Gasteiger partial charge on any atom is 0.267 e. The first-order valence-corrected chi connectivity index (χ1v) is 7.02. The normalized spacial score (nSPS) is 17.6. The monoisotopic (exact) mass is 293 g/mol. The molecular weight excluding hydrogens is 274 g/mol. The predicted molar refractivity (Wildman–Crippen MR) is 82.4 cm³/mol. The van der Waals surface area contributed by atoms with E-state index in [-0.39, 0.29) is 12.0 Å². The number of aryl methyl sites for hydroxylation is 2. The number of carbonyl (C=O) groups is 1. The van der Waals surface area contributed by atoms with Gasteiger partial charge in [-0.15, -0.1) is 0 Å². The van der Waals surface area contributed by atoms with E-state index >= 15 is 0 Å². The maximum atomic E-state index is 11.7. The Bertz CT molecular complexity index is 493. The van der Waals surface area contributed by atoms with Gasteiger partial charge in [-0.05, 0) is 62.2 Å². The molecule has 0 saturated carbocycles. The van der Waals surface area contributed by atoms with Gasteiger partial charge in [0.1, 0.15) is 6.10 Å². The van der Waals surface area contributed by atoms with Crippen molar-refractivity contribution < 1.29 is 9.53 Å². The second-order valence-electron chi connectivity index (χ2n) is 4.95. The first-order valence-electron chi connectivity index (χ1n) is 6.61. The van der Waals surface area contributed by atoms with Crippen LogP contribution in [0.2, 0.25) is 0 Å². The summed E-state index contributed by atoms with van der Waals surface area (Å²) in [6.07, 6.45) is 1.31. The van der Waals surface area contributed by atoms with E-state index in [0.717, 1.165) is 29.7 Å². The van der Waals surface area contributed by atoms with Crippen molar-refractivity contribution >= 4 is 28.9 Å². The zero-order valence-corrected chi connectivity index (χ0v) is 12.5. The number of thiocarbonyl (C=S) groups is 1. The largest absolute Gasteiger partial charge is 0.368 e. The van der Waals surface area contributed by atoms with E-state index in [1.54, 1.807) is 0 Å². The fraction of sp³-hybridized carbons (Fsp3) is 0.429. The molecular formula is C14H19N3O2S. The molecule has 108 valence electrons. The van der Waals surface area contributed by atoms with Crippen molar-refractivity contribution in [1.29, 1.82) is 0 Å². The SMILES string of the molecule is Cc1cc(C)cc(NC(=S)NNC(=O)C2CCCO2)c1. The minimum absolute atomic E-state index is 0.188. The van der Waals surface area contributed by atoms with Gasteiger partial charge in [-0.2, -0.15) is 0 Å². The van der Waals surface area contributed by atoms with Gasteiger partial charge in [-0.1, -0.05) is 6.07 Å². The Hall–Kier alpha value is -1.66. The molecule has 0 radical (unpaired) electrons. The third kappa shape index (κ3) is 4.18. The van der Waals surface area contributed by atoms with E-state index in [1.165, 1.54) is 0 Å². The highest BCUT2D eigenvalue weighted by atomic mass is 32.1. The van der Waals surface area contributed by atoms with Crippen LogP contribution in [0, 0.1) is 13.8 Å². The third-order valence-corrected chi connectivity index (χ3v) is 3.21. The molecule has 0 spiro atoms. The molecule has 3 N–H and O–H groups in total. The molecule has 1 amide bonds. The van der Waals surface area contributed by atoms with Crippen molar-refractivity contribution in [2.45, 2.75) is 32.8 Å². The molecule has 1 aromatic rings. The van der Waals surface area contributed by atoms with Crippen LogP contribution in [0.3, 0.4) is 0 Å². The van der Waals surface area contributed by atoms with Crippen molar-refractivity contribution in [3.05, 3.63) is 29.3 Å². The summed E-state index contributed by atoms with van der Waals surface area (Å²) in [5.41, 5.74) is 8.44. The van der Waals surface area contributed by atoms with Crippen LogP contribution in [0.15, 0.2) is 18.2 Å². The number of hydrazine groups is 1. The second kappa shape index (κ2) is 6.67. The van der Waals surface area contributed by atoms with E-state index in [2.05, 4.69) is 22.2 Å². The minimum atomic E-state index is -0.369. The van der Waals surface area contributed by atoms with Gasteiger partial charge in [0.05, 0.1) is 0 Å². The first kappa shape index (κ1) is 14.7. The smallest absolute Gasteiger partial charge is 0.267 e. The molecule has 20 heavy (non-hydrogen) atoms. The Morgan fingerprint density at radius 1 is 1.25 bits per heavy atom. The van der Waals surface area contributed by atoms with Crippen molar-refractivity contribution in [2.75, 3.05) is 11.9 Å². The Morgan fingerprint density at radius 2 is 1.95 bits per heavy atom. The minimum Gasteiger partial charge on any atom is -0.368 e. The summed E-state index contributed by atoms with van der Waals surface area (Å²) in [4.78, 5) is 11.7. The number of nitrogens with one attached hydrogen (secondary N) is 3. The Balaban J connectivity index is 1.81. The molecule has 0 aliphatic carbocycles. The van der Waals surface area contributed by atoms with Gasteiger partial charge in [-0.3, -0.25) is 15.6 Å². The summed E-state index contributed by atoms with van der Waals surface area (Å²) in [5, 5.41) is 3.38. The van der Waals surface area contributed by atoms with E-state index < -0.39 is 0 Å². The molecule has 1 atom stereocenters. The van der Waals surface area contributed by atoms with Crippen LogP contribution in [0.25, 0.3) is 0 Å². The third-order valence-electron chi connectivity index (χ3n) is 3.00. The average molecular weight is 293 g/mol. The summed E-state index contributed by atoms with van der Waals surface area (Å²) in [5.74, 6) is -0.188. The molecule has 5 nitrogen and oxygen atoms in total. The van der Waals surface area contributed by atoms with Gasteiger partial charge in [0, 0.05) is 12.3 Å². The standard InChI is InChI=1S/C14H19N3O2S/c1-9-6-10(2)8-11(7-9)15-14(20)17-16-13(18)12-4-3-5-19-12/h6-8,12H,3-5H2,1-2H3,(H,16,18)(H2,15,17,20).